The molecule has 2 rings (SSSR count). The van der Waals surface area contributed by atoms with Gasteiger partial charge < -0.3 is 10.4 Å². The number of thiophene rings is 1. The summed E-state index contributed by atoms with van der Waals surface area (Å²) in [6, 6.07) is 4.09. The van der Waals surface area contributed by atoms with Gasteiger partial charge in [0, 0.05) is 23.0 Å². The van der Waals surface area contributed by atoms with Crippen LogP contribution >= 0.6 is 22.7 Å². The van der Waals surface area contributed by atoms with Crippen LogP contribution in [0, 0.1) is 0 Å². The average molecular weight is 254 g/mol. The lowest BCUT2D eigenvalue weighted by atomic mass is 10.2. The monoisotopic (exact) mass is 254 g/mol. The van der Waals surface area contributed by atoms with Gasteiger partial charge in [0.15, 0.2) is 0 Å². The Hall–Kier alpha value is -0.750. The first kappa shape index (κ1) is 11.7. The molecule has 0 aromatic carbocycles. The first-order chi connectivity index (χ1) is 7.77. The molecular formula is C11H14N2OS2. The Bertz CT molecular complexity index is 359. The maximum atomic E-state index is 9.89. The fraction of sp³-hybridized carbons (Fsp3) is 0.364. The molecule has 0 spiro atoms. The number of nitrogens with one attached hydrogen (secondary N) is 1. The number of aromatic nitrogens is 1. The van der Waals surface area contributed by atoms with E-state index in [0.717, 1.165) is 9.88 Å². The summed E-state index contributed by atoms with van der Waals surface area (Å²) in [5.41, 5.74) is 0. The Labute approximate surface area is 103 Å². The molecule has 0 saturated carbocycles. The van der Waals surface area contributed by atoms with Gasteiger partial charge in [0.1, 0.15) is 11.1 Å². The number of hydrogen-bond donors (Lipinski definition) is 2. The minimum Gasteiger partial charge on any atom is -0.386 e. The molecule has 16 heavy (non-hydrogen) atoms. The molecule has 86 valence electrons. The van der Waals surface area contributed by atoms with Crippen molar-refractivity contribution < 1.29 is 5.11 Å². The van der Waals surface area contributed by atoms with E-state index < -0.39 is 6.10 Å². The van der Waals surface area contributed by atoms with E-state index in [2.05, 4.69) is 17.2 Å². The lowest BCUT2D eigenvalue weighted by Gasteiger charge is -2.14. The van der Waals surface area contributed by atoms with Crippen molar-refractivity contribution in [2.45, 2.75) is 19.1 Å². The van der Waals surface area contributed by atoms with E-state index in [1.165, 1.54) is 0 Å². The van der Waals surface area contributed by atoms with Gasteiger partial charge in [0.05, 0.1) is 6.04 Å². The Kier molecular flexibility index (Phi) is 4.06. The molecule has 2 atom stereocenters. The quantitative estimate of drug-likeness (QED) is 0.862. The van der Waals surface area contributed by atoms with Gasteiger partial charge in [-0.05, 0) is 18.4 Å². The second-order valence-electron chi connectivity index (χ2n) is 3.53. The fourth-order valence-electron chi connectivity index (χ4n) is 1.41. The van der Waals surface area contributed by atoms with E-state index in [-0.39, 0.29) is 6.04 Å². The highest BCUT2D eigenvalue weighted by atomic mass is 32.1. The molecular weight excluding hydrogens is 240 g/mol. The first-order valence-electron chi connectivity index (χ1n) is 5.11. The predicted octanol–water partition coefficient (Wildman–Crippen LogP) is 2.59. The number of nitrogens with zero attached hydrogens (tertiary/aromatic N) is 1. The molecule has 3 nitrogen and oxygen atoms in total. The van der Waals surface area contributed by atoms with Crippen molar-refractivity contribution in [3.8, 4) is 0 Å². The van der Waals surface area contributed by atoms with Gasteiger partial charge in [-0.1, -0.05) is 6.07 Å². The standard InChI is InChI=1S/C11H14N2OS2/c1-8(11-12-4-6-16-11)13-7-9(14)10-3-2-5-15-10/h2-6,8-9,13-14H,7H2,1H3. The highest BCUT2D eigenvalue weighted by Crippen LogP contribution is 2.20. The minimum atomic E-state index is -0.428. The second-order valence-corrected chi connectivity index (χ2v) is 5.44. The van der Waals surface area contributed by atoms with Gasteiger partial charge in [0.2, 0.25) is 0 Å². The number of aliphatic hydroxyl groups is 1. The molecule has 0 saturated heterocycles. The van der Waals surface area contributed by atoms with Crippen molar-refractivity contribution in [1.29, 1.82) is 0 Å². The fourth-order valence-corrected chi connectivity index (χ4v) is 2.79. The van der Waals surface area contributed by atoms with Gasteiger partial charge in [-0.2, -0.15) is 0 Å². The van der Waals surface area contributed by atoms with Crippen molar-refractivity contribution >= 4 is 22.7 Å². The molecule has 5 heteroatoms. The summed E-state index contributed by atoms with van der Waals surface area (Å²) in [6.07, 6.45) is 1.37. The van der Waals surface area contributed by atoms with Crippen LogP contribution in [0.15, 0.2) is 29.1 Å². The minimum absolute atomic E-state index is 0.189. The zero-order valence-electron chi connectivity index (χ0n) is 8.96. The third kappa shape index (κ3) is 2.89. The summed E-state index contributed by atoms with van der Waals surface area (Å²) in [6.45, 7) is 2.61. The first-order valence-corrected chi connectivity index (χ1v) is 6.87. The van der Waals surface area contributed by atoms with E-state index in [4.69, 9.17) is 0 Å². The van der Waals surface area contributed by atoms with Crippen molar-refractivity contribution in [3.05, 3.63) is 39.0 Å². The summed E-state index contributed by atoms with van der Waals surface area (Å²) in [5, 5.41) is 18.2. The van der Waals surface area contributed by atoms with E-state index >= 15 is 0 Å². The Morgan fingerprint density at radius 2 is 2.31 bits per heavy atom. The van der Waals surface area contributed by atoms with Gasteiger partial charge in [-0.15, -0.1) is 22.7 Å². The van der Waals surface area contributed by atoms with Crippen LogP contribution in [0.5, 0.6) is 0 Å². The highest BCUT2D eigenvalue weighted by molar-refractivity contribution is 7.10. The maximum Gasteiger partial charge on any atom is 0.109 e. The summed E-state index contributed by atoms with van der Waals surface area (Å²) < 4.78 is 0. The SMILES string of the molecule is CC(NCC(O)c1cccs1)c1nccs1. The third-order valence-electron chi connectivity index (χ3n) is 2.31. The predicted molar refractivity (Wildman–Crippen MR) is 67.8 cm³/mol. The molecule has 0 aliphatic heterocycles. The Balaban J connectivity index is 1.84. The molecule has 2 aromatic heterocycles. The van der Waals surface area contributed by atoms with Crippen LogP contribution in [0.3, 0.4) is 0 Å². The van der Waals surface area contributed by atoms with Crippen molar-refractivity contribution in [3.63, 3.8) is 0 Å². The molecule has 0 aliphatic rings. The molecule has 0 radical (unpaired) electrons. The number of hydrogen-bond acceptors (Lipinski definition) is 5. The van der Waals surface area contributed by atoms with Crippen LogP contribution in [0.2, 0.25) is 0 Å². The summed E-state index contributed by atoms with van der Waals surface area (Å²) in [5.74, 6) is 0. The molecule has 0 bridgehead atoms. The zero-order valence-corrected chi connectivity index (χ0v) is 10.6. The van der Waals surface area contributed by atoms with Crippen LogP contribution in [0.4, 0.5) is 0 Å². The van der Waals surface area contributed by atoms with Crippen LogP contribution < -0.4 is 5.32 Å². The van der Waals surface area contributed by atoms with Gasteiger partial charge in [-0.3, -0.25) is 0 Å². The third-order valence-corrected chi connectivity index (χ3v) is 4.24. The number of thiazole rings is 1. The number of rotatable bonds is 5. The van der Waals surface area contributed by atoms with Crippen molar-refractivity contribution in [2.24, 2.45) is 0 Å². The topological polar surface area (TPSA) is 45.1 Å². The molecule has 2 unspecified atom stereocenters. The summed E-state index contributed by atoms with van der Waals surface area (Å²) in [4.78, 5) is 5.23. The van der Waals surface area contributed by atoms with Gasteiger partial charge in [-0.25, -0.2) is 4.98 Å². The zero-order chi connectivity index (χ0) is 11.4. The van der Waals surface area contributed by atoms with Crippen LogP contribution in [0.25, 0.3) is 0 Å². The normalized spacial score (nSPS) is 14.9. The van der Waals surface area contributed by atoms with Crippen molar-refractivity contribution in [2.75, 3.05) is 6.54 Å². The van der Waals surface area contributed by atoms with Crippen LogP contribution in [0.1, 0.15) is 29.0 Å². The Morgan fingerprint density at radius 3 is 2.94 bits per heavy atom. The average Bonchev–Trinajstić information content (AvgIpc) is 2.95. The van der Waals surface area contributed by atoms with Gasteiger partial charge >= 0.3 is 0 Å². The molecule has 2 N–H and O–H groups in total. The molecule has 0 fully saturated rings. The largest absolute Gasteiger partial charge is 0.386 e. The Morgan fingerprint density at radius 1 is 1.44 bits per heavy atom. The number of aliphatic hydroxyl groups excluding tert-OH is 1. The molecule has 2 aromatic rings. The lowest BCUT2D eigenvalue weighted by Crippen LogP contribution is -2.24. The van der Waals surface area contributed by atoms with E-state index in [0.29, 0.717) is 6.54 Å². The summed E-state index contributed by atoms with van der Waals surface area (Å²) >= 11 is 3.20. The molecule has 0 aliphatic carbocycles. The van der Waals surface area contributed by atoms with E-state index in [1.54, 1.807) is 28.9 Å². The summed E-state index contributed by atoms with van der Waals surface area (Å²) in [7, 11) is 0. The van der Waals surface area contributed by atoms with Crippen LogP contribution in [-0.4, -0.2) is 16.6 Å². The highest BCUT2D eigenvalue weighted by Gasteiger charge is 2.12. The second kappa shape index (κ2) is 5.54. The lowest BCUT2D eigenvalue weighted by molar-refractivity contribution is 0.174. The van der Waals surface area contributed by atoms with Gasteiger partial charge in [0.25, 0.3) is 0 Å². The van der Waals surface area contributed by atoms with E-state index in [1.807, 2.05) is 22.9 Å². The van der Waals surface area contributed by atoms with Crippen LogP contribution in [-0.2, 0) is 0 Å². The molecule has 0 amide bonds. The smallest absolute Gasteiger partial charge is 0.109 e. The molecule has 2 heterocycles. The van der Waals surface area contributed by atoms with Crippen molar-refractivity contribution in [1.82, 2.24) is 10.3 Å². The maximum absolute atomic E-state index is 9.89. The van der Waals surface area contributed by atoms with E-state index in [9.17, 15) is 5.11 Å².